The maximum Gasteiger partial charge on any atom is 0.0818 e. The van der Waals surface area contributed by atoms with Crippen LogP contribution in [0.1, 0.15) is 43.9 Å². The van der Waals surface area contributed by atoms with Gasteiger partial charge in [0, 0.05) is 4.47 Å². The zero-order valence-corrected chi connectivity index (χ0v) is 11.2. The summed E-state index contributed by atoms with van der Waals surface area (Å²) in [6.07, 6.45) is 1.71. The molecule has 0 aliphatic carbocycles. The zero-order chi connectivity index (χ0) is 11.4. The Morgan fingerprint density at radius 3 is 2.33 bits per heavy atom. The maximum atomic E-state index is 10.2. The van der Waals surface area contributed by atoms with E-state index in [1.54, 1.807) is 0 Å². The molecule has 1 aromatic carbocycles. The van der Waals surface area contributed by atoms with Crippen molar-refractivity contribution in [3.05, 3.63) is 33.8 Å². The SMILES string of the molecule is CCC(CC)C(O)c1ccc(Br)c(C)c1. The number of hydrogen-bond acceptors (Lipinski definition) is 1. The fourth-order valence-corrected chi connectivity index (χ4v) is 2.11. The second-order valence-corrected chi connectivity index (χ2v) is 4.88. The Kier molecular flexibility index (Phi) is 4.81. The molecule has 0 aliphatic rings. The number of rotatable bonds is 4. The van der Waals surface area contributed by atoms with Gasteiger partial charge in [0.25, 0.3) is 0 Å². The van der Waals surface area contributed by atoms with Crippen LogP contribution < -0.4 is 0 Å². The van der Waals surface area contributed by atoms with Crippen molar-refractivity contribution in [3.63, 3.8) is 0 Å². The van der Waals surface area contributed by atoms with E-state index in [1.165, 1.54) is 5.56 Å². The van der Waals surface area contributed by atoms with Gasteiger partial charge in [-0.1, -0.05) is 54.8 Å². The number of aliphatic hydroxyl groups excluding tert-OH is 1. The third-order valence-electron chi connectivity index (χ3n) is 3.02. The first kappa shape index (κ1) is 12.7. The van der Waals surface area contributed by atoms with E-state index in [-0.39, 0.29) is 6.10 Å². The lowest BCUT2D eigenvalue weighted by Crippen LogP contribution is -2.11. The first-order valence-corrected chi connectivity index (χ1v) is 6.33. The van der Waals surface area contributed by atoms with Gasteiger partial charge >= 0.3 is 0 Å². The van der Waals surface area contributed by atoms with Crippen LogP contribution in [0.5, 0.6) is 0 Å². The van der Waals surface area contributed by atoms with Gasteiger partial charge in [0.15, 0.2) is 0 Å². The van der Waals surface area contributed by atoms with Crippen molar-refractivity contribution in [2.45, 2.75) is 39.7 Å². The van der Waals surface area contributed by atoms with E-state index in [9.17, 15) is 5.11 Å². The molecule has 0 aromatic heterocycles. The van der Waals surface area contributed by atoms with Gasteiger partial charge in [0.05, 0.1) is 6.10 Å². The quantitative estimate of drug-likeness (QED) is 0.869. The highest BCUT2D eigenvalue weighted by molar-refractivity contribution is 9.10. The normalized spacial score (nSPS) is 13.2. The van der Waals surface area contributed by atoms with Gasteiger partial charge in [0.2, 0.25) is 0 Å². The third-order valence-corrected chi connectivity index (χ3v) is 3.91. The van der Waals surface area contributed by atoms with Gasteiger partial charge in [0.1, 0.15) is 0 Å². The van der Waals surface area contributed by atoms with Gasteiger partial charge in [-0.05, 0) is 30.0 Å². The van der Waals surface area contributed by atoms with Crippen LogP contribution in [0.3, 0.4) is 0 Å². The number of aryl methyl sites for hydroxylation is 1. The van der Waals surface area contributed by atoms with Crippen LogP contribution in [0.15, 0.2) is 22.7 Å². The molecular weight excluding hydrogens is 252 g/mol. The summed E-state index contributed by atoms with van der Waals surface area (Å²) in [5.74, 6) is 0.366. The molecule has 0 bridgehead atoms. The van der Waals surface area contributed by atoms with Gasteiger partial charge < -0.3 is 5.11 Å². The fourth-order valence-electron chi connectivity index (χ4n) is 1.86. The van der Waals surface area contributed by atoms with Crippen molar-refractivity contribution in [2.24, 2.45) is 5.92 Å². The molecule has 0 amide bonds. The van der Waals surface area contributed by atoms with Gasteiger partial charge in [-0.25, -0.2) is 0 Å². The highest BCUT2D eigenvalue weighted by Crippen LogP contribution is 2.29. The van der Waals surface area contributed by atoms with Gasteiger partial charge in [-0.15, -0.1) is 0 Å². The van der Waals surface area contributed by atoms with Crippen LogP contribution in [0.25, 0.3) is 0 Å². The van der Waals surface area contributed by atoms with Crippen molar-refractivity contribution in [3.8, 4) is 0 Å². The standard InChI is InChI=1S/C13H19BrO/c1-4-10(5-2)13(15)11-6-7-12(14)9(3)8-11/h6-8,10,13,15H,4-5H2,1-3H3. The highest BCUT2D eigenvalue weighted by Gasteiger charge is 2.17. The summed E-state index contributed by atoms with van der Waals surface area (Å²) in [6, 6.07) is 6.07. The smallest absolute Gasteiger partial charge is 0.0818 e. The summed E-state index contributed by atoms with van der Waals surface area (Å²) in [6.45, 7) is 6.30. The summed E-state index contributed by atoms with van der Waals surface area (Å²) < 4.78 is 1.10. The molecule has 1 nitrogen and oxygen atoms in total. The van der Waals surface area contributed by atoms with Crippen LogP contribution in [0.2, 0.25) is 0 Å². The molecule has 0 aliphatic heterocycles. The summed E-state index contributed by atoms with van der Waals surface area (Å²) in [5.41, 5.74) is 2.21. The average Bonchev–Trinajstić information content (AvgIpc) is 2.23. The third kappa shape index (κ3) is 3.05. The van der Waals surface area contributed by atoms with E-state index in [1.807, 2.05) is 19.1 Å². The lowest BCUT2D eigenvalue weighted by Gasteiger charge is -2.20. The Labute approximate surface area is 101 Å². The summed E-state index contributed by atoms with van der Waals surface area (Å²) in [7, 11) is 0. The lowest BCUT2D eigenvalue weighted by atomic mass is 9.91. The predicted molar refractivity (Wildman–Crippen MR) is 67.9 cm³/mol. The topological polar surface area (TPSA) is 20.2 Å². The fraction of sp³-hybridized carbons (Fsp3) is 0.538. The Morgan fingerprint density at radius 2 is 1.87 bits per heavy atom. The second kappa shape index (κ2) is 5.66. The minimum atomic E-state index is -0.327. The van der Waals surface area contributed by atoms with Crippen molar-refractivity contribution in [1.82, 2.24) is 0 Å². The molecule has 1 atom stereocenters. The molecule has 0 heterocycles. The monoisotopic (exact) mass is 270 g/mol. The number of halogens is 1. The molecule has 0 fully saturated rings. The Hall–Kier alpha value is -0.340. The summed E-state index contributed by atoms with van der Waals surface area (Å²) >= 11 is 3.47. The molecule has 1 unspecified atom stereocenters. The molecule has 0 spiro atoms. The van der Waals surface area contributed by atoms with Crippen LogP contribution >= 0.6 is 15.9 Å². The molecule has 1 rings (SSSR count). The lowest BCUT2D eigenvalue weighted by molar-refractivity contribution is 0.103. The predicted octanol–water partition coefficient (Wildman–Crippen LogP) is 4.23. The number of aliphatic hydroxyl groups is 1. The average molecular weight is 271 g/mol. The minimum absolute atomic E-state index is 0.327. The molecule has 0 saturated carbocycles. The molecule has 0 radical (unpaired) electrons. The minimum Gasteiger partial charge on any atom is -0.388 e. The van der Waals surface area contributed by atoms with Crippen LogP contribution in [-0.4, -0.2) is 5.11 Å². The molecule has 0 saturated heterocycles. The van der Waals surface area contributed by atoms with E-state index in [0.29, 0.717) is 5.92 Å². The van der Waals surface area contributed by atoms with Crippen molar-refractivity contribution in [2.75, 3.05) is 0 Å². The van der Waals surface area contributed by atoms with E-state index in [4.69, 9.17) is 0 Å². The van der Waals surface area contributed by atoms with E-state index in [0.717, 1.165) is 22.9 Å². The first-order chi connectivity index (χ1) is 7.10. The largest absolute Gasteiger partial charge is 0.388 e. The van der Waals surface area contributed by atoms with Crippen molar-refractivity contribution in [1.29, 1.82) is 0 Å². The van der Waals surface area contributed by atoms with Gasteiger partial charge in [-0.3, -0.25) is 0 Å². The Balaban J connectivity index is 2.90. The van der Waals surface area contributed by atoms with Crippen LogP contribution in [0.4, 0.5) is 0 Å². The van der Waals surface area contributed by atoms with Gasteiger partial charge in [-0.2, -0.15) is 0 Å². The maximum absolute atomic E-state index is 10.2. The van der Waals surface area contributed by atoms with Crippen molar-refractivity contribution >= 4 is 15.9 Å². The molecule has 1 N–H and O–H groups in total. The first-order valence-electron chi connectivity index (χ1n) is 5.54. The number of benzene rings is 1. The van der Waals surface area contributed by atoms with E-state index >= 15 is 0 Å². The Morgan fingerprint density at radius 1 is 1.27 bits per heavy atom. The highest BCUT2D eigenvalue weighted by atomic mass is 79.9. The zero-order valence-electron chi connectivity index (χ0n) is 9.63. The molecule has 15 heavy (non-hydrogen) atoms. The molecule has 84 valence electrons. The van der Waals surface area contributed by atoms with Crippen LogP contribution in [0, 0.1) is 12.8 Å². The van der Waals surface area contributed by atoms with E-state index < -0.39 is 0 Å². The molecule has 1 aromatic rings. The molecule has 2 heteroatoms. The second-order valence-electron chi connectivity index (χ2n) is 4.03. The molecular formula is C13H19BrO. The number of hydrogen-bond donors (Lipinski definition) is 1. The van der Waals surface area contributed by atoms with Crippen molar-refractivity contribution < 1.29 is 5.11 Å². The summed E-state index contributed by atoms with van der Waals surface area (Å²) in [5, 5.41) is 10.2. The van der Waals surface area contributed by atoms with Crippen LogP contribution in [-0.2, 0) is 0 Å². The van der Waals surface area contributed by atoms with E-state index in [2.05, 4.69) is 35.8 Å². The summed E-state index contributed by atoms with van der Waals surface area (Å²) in [4.78, 5) is 0. The Bertz CT molecular complexity index is 318.